The van der Waals surface area contributed by atoms with Crippen molar-refractivity contribution in [3.63, 3.8) is 0 Å². The lowest BCUT2D eigenvalue weighted by molar-refractivity contribution is -0.129. The van der Waals surface area contributed by atoms with Gasteiger partial charge in [-0.25, -0.2) is 0 Å². The monoisotopic (exact) mass is 246 g/mol. The fourth-order valence-electron chi connectivity index (χ4n) is 3.65. The molecular formula is C15H18O3. The molecule has 18 heavy (non-hydrogen) atoms. The second-order valence-electron chi connectivity index (χ2n) is 5.56. The lowest BCUT2D eigenvalue weighted by Crippen LogP contribution is -2.29. The largest absolute Gasteiger partial charge is 0.469 e. The molecule has 0 bridgehead atoms. The first kappa shape index (κ1) is 11.7. The Bertz CT molecular complexity index is 446. The number of carbonyl (C=O) groups excluding carboxylic acids is 2. The van der Waals surface area contributed by atoms with E-state index in [1.807, 2.05) is 12.1 Å². The third-order valence-electron chi connectivity index (χ3n) is 4.48. The molecule has 0 aromatic carbocycles. The highest BCUT2D eigenvalue weighted by atomic mass is 16.3. The Kier molecular flexibility index (Phi) is 3.06. The minimum atomic E-state index is 0.0794. The van der Waals surface area contributed by atoms with Crippen molar-refractivity contribution in [1.82, 2.24) is 0 Å². The summed E-state index contributed by atoms with van der Waals surface area (Å²) < 4.78 is 5.50. The molecule has 3 heteroatoms. The molecule has 2 saturated carbocycles. The smallest absolute Gasteiger partial charge is 0.143 e. The Hall–Kier alpha value is -1.38. The lowest BCUT2D eigenvalue weighted by Gasteiger charge is -2.33. The summed E-state index contributed by atoms with van der Waals surface area (Å²) >= 11 is 0. The van der Waals surface area contributed by atoms with E-state index < -0.39 is 0 Å². The van der Waals surface area contributed by atoms with Gasteiger partial charge in [-0.05, 0) is 30.9 Å². The molecule has 0 amide bonds. The van der Waals surface area contributed by atoms with Gasteiger partial charge in [0, 0.05) is 18.3 Å². The normalized spacial score (nSPS) is 33.0. The van der Waals surface area contributed by atoms with E-state index in [1.165, 1.54) is 6.42 Å². The van der Waals surface area contributed by atoms with E-state index in [4.69, 9.17) is 4.42 Å². The van der Waals surface area contributed by atoms with Crippen LogP contribution in [0.4, 0.5) is 0 Å². The molecule has 0 unspecified atom stereocenters. The molecule has 0 saturated heterocycles. The molecule has 1 aromatic heterocycles. The zero-order valence-electron chi connectivity index (χ0n) is 10.4. The van der Waals surface area contributed by atoms with Crippen molar-refractivity contribution >= 4 is 11.6 Å². The summed E-state index contributed by atoms with van der Waals surface area (Å²) in [4.78, 5) is 24.0. The minimum Gasteiger partial charge on any atom is -0.469 e. The number of ketones is 2. The first-order chi connectivity index (χ1) is 8.75. The van der Waals surface area contributed by atoms with Crippen LogP contribution in [0, 0.1) is 11.8 Å². The number of furan rings is 1. The summed E-state index contributed by atoms with van der Waals surface area (Å²) in [5.41, 5.74) is 0. The van der Waals surface area contributed by atoms with Crippen LogP contribution in [-0.4, -0.2) is 11.6 Å². The minimum absolute atomic E-state index is 0.0794. The van der Waals surface area contributed by atoms with Gasteiger partial charge in [-0.3, -0.25) is 9.59 Å². The maximum Gasteiger partial charge on any atom is 0.143 e. The Balaban J connectivity index is 1.95. The first-order valence-corrected chi connectivity index (χ1v) is 6.83. The van der Waals surface area contributed by atoms with Crippen LogP contribution < -0.4 is 0 Å². The second-order valence-corrected chi connectivity index (χ2v) is 5.56. The quantitative estimate of drug-likeness (QED) is 0.715. The SMILES string of the molecule is O=C1CC(=O)[C@@H]2CCCC[C@@H]2[C@H](c2ccco2)C1. The molecule has 2 aliphatic rings. The van der Waals surface area contributed by atoms with Crippen LogP contribution in [0.2, 0.25) is 0 Å². The van der Waals surface area contributed by atoms with E-state index in [0.29, 0.717) is 12.3 Å². The van der Waals surface area contributed by atoms with Crippen LogP contribution in [-0.2, 0) is 9.59 Å². The molecule has 0 radical (unpaired) electrons. The van der Waals surface area contributed by atoms with Gasteiger partial charge in [-0.1, -0.05) is 12.8 Å². The van der Waals surface area contributed by atoms with Gasteiger partial charge in [-0.15, -0.1) is 0 Å². The highest BCUT2D eigenvalue weighted by Gasteiger charge is 2.41. The summed E-state index contributed by atoms with van der Waals surface area (Å²) in [6.07, 6.45) is 6.55. The molecular weight excluding hydrogens is 228 g/mol. The molecule has 3 atom stereocenters. The molecule has 2 aliphatic carbocycles. The molecule has 0 N–H and O–H groups in total. The highest BCUT2D eigenvalue weighted by molar-refractivity contribution is 6.01. The van der Waals surface area contributed by atoms with Gasteiger partial charge in [0.15, 0.2) is 0 Å². The summed E-state index contributed by atoms with van der Waals surface area (Å²) in [5.74, 6) is 1.64. The summed E-state index contributed by atoms with van der Waals surface area (Å²) in [6, 6.07) is 3.81. The van der Waals surface area contributed by atoms with E-state index in [2.05, 4.69) is 0 Å². The zero-order chi connectivity index (χ0) is 12.5. The van der Waals surface area contributed by atoms with Crippen LogP contribution in [0.5, 0.6) is 0 Å². The third-order valence-corrected chi connectivity index (χ3v) is 4.48. The Labute approximate surface area is 107 Å². The molecule has 3 rings (SSSR count). The van der Waals surface area contributed by atoms with E-state index in [9.17, 15) is 9.59 Å². The van der Waals surface area contributed by atoms with Crippen molar-refractivity contribution in [2.24, 2.45) is 11.8 Å². The van der Waals surface area contributed by atoms with Gasteiger partial charge < -0.3 is 4.42 Å². The lowest BCUT2D eigenvalue weighted by atomic mass is 9.70. The van der Waals surface area contributed by atoms with Crippen LogP contribution >= 0.6 is 0 Å². The Morgan fingerprint density at radius 1 is 1.11 bits per heavy atom. The first-order valence-electron chi connectivity index (χ1n) is 6.83. The van der Waals surface area contributed by atoms with Gasteiger partial charge in [0.2, 0.25) is 0 Å². The maximum absolute atomic E-state index is 12.1. The van der Waals surface area contributed by atoms with Crippen molar-refractivity contribution in [3.8, 4) is 0 Å². The summed E-state index contributed by atoms with van der Waals surface area (Å²) in [5, 5.41) is 0. The van der Waals surface area contributed by atoms with E-state index in [1.54, 1.807) is 6.26 Å². The predicted octanol–water partition coefficient (Wildman–Crippen LogP) is 3.10. The average Bonchev–Trinajstić information content (AvgIpc) is 2.85. The number of rotatable bonds is 1. The maximum atomic E-state index is 12.1. The molecule has 3 nitrogen and oxygen atoms in total. The molecule has 0 aliphatic heterocycles. The number of hydrogen-bond acceptors (Lipinski definition) is 3. The number of Topliss-reactive ketones (excluding diaryl/α,β-unsaturated/α-hetero) is 2. The van der Waals surface area contributed by atoms with Gasteiger partial charge in [0.05, 0.1) is 12.7 Å². The molecule has 0 spiro atoms. The van der Waals surface area contributed by atoms with E-state index in [-0.39, 0.29) is 29.8 Å². The van der Waals surface area contributed by atoms with Crippen molar-refractivity contribution in [2.75, 3.05) is 0 Å². The topological polar surface area (TPSA) is 47.3 Å². The Morgan fingerprint density at radius 3 is 2.72 bits per heavy atom. The average molecular weight is 246 g/mol. The van der Waals surface area contributed by atoms with E-state index in [0.717, 1.165) is 25.0 Å². The van der Waals surface area contributed by atoms with E-state index >= 15 is 0 Å². The second kappa shape index (κ2) is 4.71. The van der Waals surface area contributed by atoms with Crippen molar-refractivity contribution in [3.05, 3.63) is 24.2 Å². The van der Waals surface area contributed by atoms with Crippen molar-refractivity contribution in [2.45, 2.75) is 44.4 Å². The molecule has 1 heterocycles. The third kappa shape index (κ3) is 2.02. The predicted molar refractivity (Wildman–Crippen MR) is 66.1 cm³/mol. The molecule has 1 aromatic rings. The van der Waals surface area contributed by atoms with Crippen LogP contribution in [0.3, 0.4) is 0 Å². The molecule has 2 fully saturated rings. The van der Waals surface area contributed by atoms with Crippen molar-refractivity contribution in [1.29, 1.82) is 0 Å². The summed E-state index contributed by atoms with van der Waals surface area (Å²) in [7, 11) is 0. The zero-order valence-corrected chi connectivity index (χ0v) is 10.4. The number of carbonyl (C=O) groups is 2. The van der Waals surface area contributed by atoms with Crippen molar-refractivity contribution < 1.29 is 14.0 Å². The number of fused-ring (bicyclic) bond motifs is 1. The van der Waals surface area contributed by atoms with Gasteiger partial charge in [-0.2, -0.15) is 0 Å². The summed E-state index contributed by atoms with van der Waals surface area (Å²) in [6.45, 7) is 0. The van der Waals surface area contributed by atoms with Gasteiger partial charge in [0.25, 0.3) is 0 Å². The van der Waals surface area contributed by atoms with Crippen LogP contribution in [0.15, 0.2) is 22.8 Å². The highest BCUT2D eigenvalue weighted by Crippen LogP contribution is 2.44. The van der Waals surface area contributed by atoms with Gasteiger partial charge >= 0.3 is 0 Å². The fourth-order valence-corrected chi connectivity index (χ4v) is 3.65. The van der Waals surface area contributed by atoms with Crippen LogP contribution in [0.25, 0.3) is 0 Å². The standard InChI is InChI=1S/C15H18O3/c16-10-8-13(15-6-3-7-18-15)11-4-1-2-5-12(11)14(17)9-10/h3,6-7,11-13H,1-2,4-5,8-9H2/t11-,12+,13+/m0/s1. The molecule has 96 valence electrons. The number of hydrogen-bond donors (Lipinski definition) is 0. The van der Waals surface area contributed by atoms with Gasteiger partial charge in [0.1, 0.15) is 17.3 Å². The van der Waals surface area contributed by atoms with Crippen LogP contribution in [0.1, 0.15) is 50.2 Å². The fraction of sp³-hybridized carbons (Fsp3) is 0.600. The Morgan fingerprint density at radius 2 is 1.94 bits per heavy atom.